The Bertz CT molecular complexity index is 1080. The third kappa shape index (κ3) is 2.98. The first-order valence-corrected chi connectivity index (χ1v) is 11.3. The number of anilines is 2. The van der Waals surface area contributed by atoms with Crippen LogP contribution in [0.5, 0.6) is 0 Å². The second-order valence-electron chi connectivity index (χ2n) is 8.89. The summed E-state index contributed by atoms with van der Waals surface area (Å²) in [7, 11) is 0. The van der Waals surface area contributed by atoms with Crippen molar-refractivity contribution in [3.8, 4) is 0 Å². The number of likely N-dealkylation sites (tertiary alicyclic amines) is 1. The van der Waals surface area contributed by atoms with Gasteiger partial charge in [-0.1, -0.05) is 78.9 Å². The highest BCUT2D eigenvalue weighted by molar-refractivity contribution is 5.79. The van der Waals surface area contributed by atoms with Gasteiger partial charge >= 0.3 is 0 Å². The molecule has 0 radical (unpaired) electrons. The van der Waals surface area contributed by atoms with Gasteiger partial charge in [-0.3, -0.25) is 4.90 Å². The maximum absolute atomic E-state index is 2.72. The summed E-state index contributed by atoms with van der Waals surface area (Å²) < 4.78 is 0. The molecule has 0 saturated carbocycles. The molecule has 0 spiro atoms. The van der Waals surface area contributed by atoms with E-state index in [9.17, 15) is 0 Å². The van der Waals surface area contributed by atoms with Crippen LogP contribution in [0.4, 0.5) is 11.4 Å². The van der Waals surface area contributed by atoms with Gasteiger partial charge in [0.25, 0.3) is 0 Å². The molecule has 150 valence electrons. The van der Waals surface area contributed by atoms with Crippen molar-refractivity contribution >= 4 is 17.5 Å². The van der Waals surface area contributed by atoms with E-state index in [1.807, 2.05) is 0 Å². The van der Waals surface area contributed by atoms with E-state index in [-0.39, 0.29) is 0 Å². The lowest BCUT2D eigenvalue weighted by Crippen LogP contribution is -2.45. The fourth-order valence-electron chi connectivity index (χ4n) is 5.79. The Labute approximate surface area is 179 Å². The van der Waals surface area contributed by atoms with Crippen molar-refractivity contribution in [2.24, 2.45) is 0 Å². The van der Waals surface area contributed by atoms with Crippen LogP contribution in [-0.4, -0.2) is 30.6 Å². The normalized spacial score (nSPS) is 22.5. The standard InChI is InChI=1S/C28H28N2/c1-2-8-21(9-3-1)10-7-18-29-19-17-27-25(20-29)24-13-6-12-23-16-15-22-11-4-5-14-26(22)30(27)28(23)24/h1-14,25,27H,15-20H2/t25-,27+/m0/s1. The molecule has 2 atom stereocenters. The van der Waals surface area contributed by atoms with E-state index in [0.717, 1.165) is 25.9 Å². The number of para-hydroxylation sites is 2. The predicted molar refractivity (Wildman–Crippen MR) is 125 cm³/mol. The van der Waals surface area contributed by atoms with Gasteiger partial charge in [-0.05, 0) is 47.6 Å². The topological polar surface area (TPSA) is 6.48 Å². The maximum atomic E-state index is 2.72. The van der Waals surface area contributed by atoms with Crippen molar-refractivity contribution in [1.29, 1.82) is 0 Å². The number of benzene rings is 3. The van der Waals surface area contributed by atoms with E-state index in [1.54, 1.807) is 5.56 Å². The Kier molecular flexibility index (Phi) is 4.46. The molecule has 1 fully saturated rings. The van der Waals surface area contributed by atoms with Crippen LogP contribution in [0.3, 0.4) is 0 Å². The van der Waals surface area contributed by atoms with E-state index in [1.165, 1.54) is 41.0 Å². The summed E-state index contributed by atoms with van der Waals surface area (Å²) in [6.45, 7) is 3.35. The summed E-state index contributed by atoms with van der Waals surface area (Å²) in [6.07, 6.45) is 8.12. The Balaban J connectivity index is 1.29. The monoisotopic (exact) mass is 392 g/mol. The molecule has 3 aromatic carbocycles. The minimum absolute atomic E-state index is 0.592. The Morgan fingerprint density at radius 1 is 0.833 bits per heavy atom. The number of aryl methyl sites for hydroxylation is 2. The van der Waals surface area contributed by atoms with Gasteiger partial charge in [0.05, 0.1) is 0 Å². The van der Waals surface area contributed by atoms with E-state index in [0.29, 0.717) is 12.0 Å². The molecule has 3 heterocycles. The Morgan fingerprint density at radius 2 is 1.63 bits per heavy atom. The summed E-state index contributed by atoms with van der Waals surface area (Å²) in [5, 5.41) is 0. The van der Waals surface area contributed by atoms with Crippen molar-refractivity contribution < 1.29 is 0 Å². The van der Waals surface area contributed by atoms with Crippen LogP contribution in [0.15, 0.2) is 78.9 Å². The van der Waals surface area contributed by atoms with Gasteiger partial charge in [0.15, 0.2) is 0 Å². The molecule has 0 aromatic heterocycles. The highest BCUT2D eigenvalue weighted by Crippen LogP contribution is 2.52. The number of fused-ring (bicyclic) bond motifs is 5. The third-order valence-electron chi connectivity index (χ3n) is 7.17. The molecule has 2 nitrogen and oxygen atoms in total. The zero-order chi connectivity index (χ0) is 19.9. The van der Waals surface area contributed by atoms with E-state index in [4.69, 9.17) is 0 Å². The quantitative estimate of drug-likeness (QED) is 0.555. The average molecular weight is 393 g/mol. The van der Waals surface area contributed by atoms with E-state index in [2.05, 4.69) is 94.7 Å². The van der Waals surface area contributed by atoms with E-state index >= 15 is 0 Å². The van der Waals surface area contributed by atoms with Crippen LogP contribution in [0.25, 0.3) is 6.08 Å². The van der Waals surface area contributed by atoms with Crippen molar-refractivity contribution in [2.45, 2.75) is 31.2 Å². The maximum Gasteiger partial charge on any atom is 0.0483 e. The van der Waals surface area contributed by atoms with Crippen LogP contribution in [0, 0.1) is 0 Å². The number of rotatable bonds is 3. The van der Waals surface area contributed by atoms with Crippen molar-refractivity contribution in [1.82, 2.24) is 4.90 Å². The first kappa shape index (κ1) is 18.0. The zero-order valence-corrected chi connectivity index (χ0v) is 17.4. The van der Waals surface area contributed by atoms with Crippen molar-refractivity contribution in [3.05, 3.63) is 101 Å². The molecule has 0 bridgehead atoms. The fraction of sp³-hybridized carbons (Fsp3) is 0.286. The minimum Gasteiger partial charge on any atom is -0.337 e. The van der Waals surface area contributed by atoms with Crippen molar-refractivity contribution in [2.75, 3.05) is 24.5 Å². The largest absolute Gasteiger partial charge is 0.337 e. The second kappa shape index (κ2) is 7.45. The molecule has 3 aliphatic heterocycles. The lowest BCUT2D eigenvalue weighted by atomic mass is 9.87. The van der Waals surface area contributed by atoms with Crippen LogP contribution in [0.1, 0.15) is 34.6 Å². The highest BCUT2D eigenvalue weighted by atomic mass is 15.2. The number of nitrogens with zero attached hydrogens (tertiary/aromatic N) is 2. The highest BCUT2D eigenvalue weighted by Gasteiger charge is 2.44. The molecule has 30 heavy (non-hydrogen) atoms. The molecular formula is C28H28N2. The molecule has 0 unspecified atom stereocenters. The third-order valence-corrected chi connectivity index (χ3v) is 7.17. The average Bonchev–Trinajstić information content (AvgIpc) is 3.02. The van der Waals surface area contributed by atoms with Crippen LogP contribution < -0.4 is 4.90 Å². The molecular weight excluding hydrogens is 364 g/mol. The van der Waals surface area contributed by atoms with Gasteiger partial charge in [0.1, 0.15) is 0 Å². The van der Waals surface area contributed by atoms with E-state index < -0.39 is 0 Å². The summed E-state index contributed by atoms with van der Waals surface area (Å²) in [4.78, 5) is 5.35. The fourth-order valence-corrected chi connectivity index (χ4v) is 5.79. The molecule has 0 aliphatic carbocycles. The van der Waals surface area contributed by atoms with Gasteiger partial charge in [0, 0.05) is 43.0 Å². The van der Waals surface area contributed by atoms with Gasteiger partial charge in [0.2, 0.25) is 0 Å². The summed E-state index contributed by atoms with van der Waals surface area (Å²) in [5.74, 6) is 0.602. The predicted octanol–water partition coefficient (Wildman–Crippen LogP) is 5.81. The second-order valence-corrected chi connectivity index (χ2v) is 8.89. The SMILES string of the molecule is C(=Cc1ccccc1)CN1CC[C@@H]2[C@@H](C1)c1cccc3c1N2c1ccccc1CC3. The smallest absolute Gasteiger partial charge is 0.0483 e. The molecule has 6 rings (SSSR count). The number of hydrogen-bond donors (Lipinski definition) is 0. The molecule has 0 N–H and O–H groups in total. The van der Waals surface area contributed by atoms with Crippen molar-refractivity contribution in [3.63, 3.8) is 0 Å². The minimum atomic E-state index is 0.592. The molecule has 3 aliphatic rings. The lowest BCUT2D eigenvalue weighted by Gasteiger charge is -2.39. The summed E-state index contributed by atoms with van der Waals surface area (Å²) in [6, 6.07) is 27.4. The van der Waals surface area contributed by atoms with Gasteiger partial charge < -0.3 is 4.90 Å². The molecule has 3 aromatic rings. The summed E-state index contributed by atoms with van der Waals surface area (Å²) >= 11 is 0. The molecule has 1 saturated heterocycles. The Hall–Kier alpha value is -2.84. The Morgan fingerprint density at radius 3 is 2.57 bits per heavy atom. The van der Waals surface area contributed by atoms with Crippen LogP contribution >= 0.6 is 0 Å². The number of piperidine rings is 1. The van der Waals surface area contributed by atoms with Gasteiger partial charge in [-0.2, -0.15) is 0 Å². The first-order valence-electron chi connectivity index (χ1n) is 11.3. The van der Waals surface area contributed by atoms with Gasteiger partial charge in [-0.15, -0.1) is 0 Å². The van der Waals surface area contributed by atoms with Gasteiger partial charge in [-0.25, -0.2) is 0 Å². The molecule has 2 heteroatoms. The first-order chi connectivity index (χ1) is 14.9. The zero-order valence-electron chi connectivity index (χ0n) is 17.4. The summed E-state index contributed by atoms with van der Waals surface area (Å²) in [5.41, 5.74) is 8.88. The molecule has 0 amide bonds. The van der Waals surface area contributed by atoms with Crippen LogP contribution in [0.2, 0.25) is 0 Å². The van der Waals surface area contributed by atoms with Crippen LogP contribution in [-0.2, 0) is 12.8 Å². The lowest BCUT2D eigenvalue weighted by molar-refractivity contribution is 0.215. The number of hydrogen-bond acceptors (Lipinski definition) is 2.